The quantitative estimate of drug-likeness (QED) is 0.633. The third-order valence-corrected chi connectivity index (χ3v) is 5.13. The van der Waals surface area contributed by atoms with Gasteiger partial charge in [-0.25, -0.2) is 9.59 Å². The topological polar surface area (TPSA) is 107 Å². The van der Waals surface area contributed by atoms with E-state index in [0.717, 1.165) is 5.56 Å². The molecule has 0 radical (unpaired) electrons. The van der Waals surface area contributed by atoms with Crippen molar-refractivity contribution in [2.75, 3.05) is 11.9 Å². The lowest BCUT2D eigenvalue weighted by atomic mass is 10.0. The molecule has 1 aliphatic heterocycles. The van der Waals surface area contributed by atoms with Crippen LogP contribution in [0.2, 0.25) is 0 Å². The van der Waals surface area contributed by atoms with E-state index in [1.807, 2.05) is 30.3 Å². The average molecular weight is 396 g/mol. The van der Waals surface area contributed by atoms with Gasteiger partial charge in [-0.05, 0) is 55.5 Å². The molecule has 1 fully saturated rings. The molecule has 152 valence electrons. The van der Waals surface area contributed by atoms with Crippen molar-refractivity contribution < 1.29 is 24.6 Å². The van der Waals surface area contributed by atoms with E-state index in [0.29, 0.717) is 43.5 Å². The molecule has 1 aliphatic rings. The van der Waals surface area contributed by atoms with Crippen molar-refractivity contribution in [3.05, 3.63) is 65.7 Å². The molecule has 2 aromatic rings. The lowest BCUT2D eigenvalue weighted by molar-refractivity contribution is -0.141. The molecule has 0 aromatic heterocycles. The molecule has 0 saturated carbocycles. The van der Waals surface area contributed by atoms with Crippen molar-refractivity contribution in [1.29, 1.82) is 0 Å². The van der Waals surface area contributed by atoms with Gasteiger partial charge in [-0.15, -0.1) is 0 Å². The van der Waals surface area contributed by atoms with Crippen LogP contribution in [-0.2, 0) is 16.0 Å². The first-order chi connectivity index (χ1) is 14.0. The molecule has 0 bridgehead atoms. The van der Waals surface area contributed by atoms with Crippen molar-refractivity contribution in [3.63, 3.8) is 0 Å². The first kappa shape index (κ1) is 20.4. The summed E-state index contributed by atoms with van der Waals surface area (Å²) in [7, 11) is 0. The number of amides is 1. The summed E-state index contributed by atoms with van der Waals surface area (Å²) in [6, 6.07) is 14.6. The molecule has 1 heterocycles. The summed E-state index contributed by atoms with van der Waals surface area (Å²) in [5.74, 6) is -2.25. The predicted octanol–water partition coefficient (Wildman–Crippen LogP) is 2.87. The van der Waals surface area contributed by atoms with Gasteiger partial charge < -0.3 is 20.4 Å². The Morgan fingerprint density at radius 3 is 2.34 bits per heavy atom. The first-order valence-corrected chi connectivity index (χ1v) is 9.63. The van der Waals surface area contributed by atoms with Gasteiger partial charge in [0.25, 0.3) is 5.91 Å². The number of benzene rings is 2. The van der Waals surface area contributed by atoms with Crippen molar-refractivity contribution in [3.8, 4) is 0 Å². The number of carboxylic acids is 2. The zero-order valence-electron chi connectivity index (χ0n) is 16.0. The summed E-state index contributed by atoms with van der Waals surface area (Å²) < 4.78 is 0. The first-order valence-electron chi connectivity index (χ1n) is 9.63. The van der Waals surface area contributed by atoms with Gasteiger partial charge in [-0.2, -0.15) is 0 Å². The van der Waals surface area contributed by atoms with Gasteiger partial charge >= 0.3 is 11.9 Å². The minimum atomic E-state index is -0.989. The van der Waals surface area contributed by atoms with Crippen molar-refractivity contribution in [2.45, 2.75) is 37.8 Å². The second-order valence-electron chi connectivity index (χ2n) is 7.13. The maximum atomic E-state index is 12.6. The Balaban J connectivity index is 1.63. The van der Waals surface area contributed by atoms with Crippen LogP contribution in [0, 0.1) is 0 Å². The third-order valence-electron chi connectivity index (χ3n) is 5.13. The van der Waals surface area contributed by atoms with E-state index in [9.17, 15) is 24.6 Å². The second kappa shape index (κ2) is 9.23. The molecule has 2 atom stereocenters. The fourth-order valence-electron chi connectivity index (χ4n) is 3.56. The summed E-state index contributed by atoms with van der Waals surface area (Å²) in [6.45, 7) is 0.427. The molecule has 7 heteroatoms. The van der Waals surface area contributed by atoms with Gasteiger partial charge in [0.2, 0.25) is 0 Å². The Kier molecular flexibility index (Phi) is 6.49. The Bertz CT molecular complexity index is 867. The SMILES string of the molecule is O=C(O)C1CCCN1C(=O)c1ccc(N[C@@H](CCc2ccccc2)C(=O)O)cc1. The summed E-state index contributed by atoms with van der Waals surface area (Å²) in [6.07, 6.45) is 2.19. The van der Waals surface area contributed by atoms with Gasteiger partial charge in [-0.3, -0.25) is 4.79 Å². The highest BCUT2D eigenvalue weighted by atomic mass is 16.4. The van der Waals surface area contributed by atoms with Crippen molar-refractivity contribution >= 4 is 23.5 Å². The Morgan fingerprint density at radius 2 is 1.72 bits per heavy atom. The molecule has 1 unspecified atom stereocenters. The molecule has 1 amide bonds. The largest absolute Gasteiger partial charge is 0.480 e. The van der Waals surface area contributed by atoms with Crippen LogP contribution in [0.5, 0.6) is 0 Å². The summed E-state index contributed by atoms with van der Waals surface area (Å²) in [5.41, 5.74) is 2.05. The third kappa shape index (κ3) is 5.13. The highest BCUT2D eigenvalue weighted by Gasteiger charge is 2.34. The maximum Gasteiger partial charge on any atom is 0.326 e. The number of carboxylic acid groups (broad SMARTS) is 2. The number of likely N-dealkylation sites (tertiary alicyclic amines) is 1. The second-order valence-corrected chi connectivity index (χ2v) is 7.13. The van der Waals surface area contributed by atoms with Crippen LogP contribution < -0.4 is 5.32 Å². The number of hydrogen-bond donors (Lipinski definition) is 3. The van der Waals surface area contributed by atoms with Gasteiger partial charge in [-0.1, -0.05) is 30.3 Å². The van der Waals surface area contributed by atoms with E-state index in [4.69, 9.17) is 0 Å². The van der Waals surface area contributed by atoms with Crippen LogP contribution in [0.4, 0.5) is 5.69 Å². The summed E-state index contributed by atoms with van der Waals surface area (Å²) in [5, 5.41) is 21.7. The van der Waals surface area contributed by atoms with E-state index in [-0.39, 0.29) is 5.91 Å². The number of aliphatic carboxylic acids is 2. The molecule has 3 rings (SSSR count). The Labute approximate surface area is 169 Å². The van der Waals surface area contributed by atoms with Gasteiger partial charge in [0, 0.05) is 17.8 Å². The van der Waals surface area contributed by atoms with Crippen molar-refractivity contribution in [1.82, 2.24) is 4.90 Å². The molecule has 2 aromatic carbocycles. The zero-order valence-corrected chi connectivity index (χ0v) is 16.0. The number of hydrogen-bond acceptors (Lipinski definition) is 4. The molecule has 0 aliphatic carbocycles. The summed E-state index contributed by atoms with van der Waals surface area (Å²) >= 11 is 0. The minimum absolute atomic E-state index is 0.319. The van der Waals surface area contributed by atoms with E-state index >= 15 is 0 Å². The van der Waals surface area contributed by atoms with E-state index in [1.165, 1.54) is 4.90 Å². The number of nitrogens with one attached hydrogen (secondary N) is 1. The van der Waals surface area contributed by atoms with Gasteiger partial charge in [0.1, 0.15) is 12.1 Å². The molecular formula is C22H24N2O5. The number of carbonyl (C=O) groups is 3. The Morgan fingerprint density at radius 1 is 1.03 bits per heavy atom. The van der Waals surface area contributed by atoms with Crippen LogP contribution in [0.15, 0.2) is 54.6 Å². The fraction of sp³-hybridized carbons (Fsp3) is 0.318. The smallest absolute Gasteiger partial charge is 0.326 e. The molecule has 3 N–H and O–H groups in total. The Hall–Kier alpha value is -3.35. The highest BCUT2D eigenvalue weighted by Crippen LogP contribution is 2.21. The fourth-order valence-corrected chi connectivity index (χ4v) is 3.56. The molecule has 29 heavy (non-hydrogen) atoms. The van der Waals surface area contributed by atoms with Crippen molar-refractivity contribution in [2.24, 2.45) is 0 Å². The monoisotopic (exact) mass is 396 g/mol. The van der Waals surface area contributed by atoms with Crippen LogP contribution in [-0.4, -0.2) is 51.6 Å². The van der Waals surface area contributed by atoms with Gasteiger partial charge in [0.15, 0.2) is 0 Å². The molecular weight excluding hydrogens is 372 g/mol. The number of anilines is 1. The lowest BCUT2D eigenvalue weighted by Gasteiger charge is -2.21. The number of aryl methyl sites for hydroxylation is 1. The highest BCUT2D eigenvalue weighted by molar-refractivity contribution is 5.97. The van der Waals surface area contributed by atoms with E-state index in [1.54, 1.807) is 24.3 Å². The number of carbonyl (C=O) groups excluding carboxylic acids is 1. The molecule has 0 spiro atoms. The van der Waals surface area contributed by atoms with E-state index < -0.39 is 24.0 Å². The van der Waals surface area contributed by atoms with Crippen LogP contribution >= 0.6 is 0 Å². The lowest BCUT2D eigenvalue weighted by Crippen LogP contribution is -2.40. The molecule has 1 saturated heterocycles. The van der Waals surface area contributed by atoms with Crippen LogP contribution in [0.25, 0.3) is 0 Å². The number of rotatable bonds is 8. The maximum absolute atomic E-state index is 12.6. The van der Waals surface area contributed by atoms with Gasteiger partial charge in [0.05, 0.1) is 0 Å². The summed E-state index contributed by atoms with van der Waals surface area (Å²) in [4.78, 5) is 36.9. The molecule has 7 nitrogen and oxygen atoms in total. The average Bonchev–Trinajstić information content (AvgIpc) is 3.22. The van der Waals surface area contributed by atoms with Crippen LogP contribution in [0.1, 0.15) is 35.2 Å². The van der Waals surface area contributed by atoms with E-state index in [2.05, 4.69) is 5.32 Å². The predicted molar refractivity (Wildman–Crippen MR) is 108 cm³/mol. The normalized spacial score (nSPS) is 17.0. The number of nitrogens with zero attached hydrogens (tertiary/aromatic N) is 1. The zero-order chi connectivity index (χ0) is 20.8. The minimum Gasteiger partial charge on any atom is -0.480 e. The standard InChI is InChI=1S/C22H24N2O5/c25-20(24-14-4-7-19(24)22(28)29)16-9-11-17(12-10-16)23-18(21(26)27)13-8-15-5-2-1-3-6-15/h1-3,5-6,9-12,18-19,23H,4,7-8,13-14H2,(H,26,27)(H,28,29)/t18-,19?/m0/s1. The van der Waals surface area contributed by atoms with Crippen LogP contribution in [0.3, 0.4) is 0 Å².